The monoisotopic (exact) mass is 278 g/mol. The van der Waals surface area contributed by atoms with Crippen molar-refractivity contribution in [2.24, 2.45) is 0 Å². The van der Waals surface area contributed by atoms with Crippen molar-refractivity contribution in [2.45, 2.75) is 6.42 Å². The summed E-state index contributed by atoms with van der Waals surface area (Å²) in [5, 5.41) is 0.0533. The molecule has 2 aromatic rings. The second kappa shape index (κ2) is 5.85. The number of ether oxygens (including phenoxy) is 1. The van der Waals surface area contributed by atoms with Gasteiger partial charge in [0.2, 0.25) is 0 Å². The van der Waals surface area contributed by atoms with E-state index in [-0.39, 0.29) is 17.2 Å². The maximum atomic E-state index is 13.3. The molecule has 2 aromatic carbocycles. The van der Waals surface area contributed by atoms with Crippen molar-refractivity contribution in [3.8, 4) is 5.75 Å². The molecule has 4 heteroatoms. The van der Waals surface area contributed by atoms with Crippen molar-refractivity contribution >= 4 is 17.4 Å². The van der Waals surface area contributed by atoms with Crippen LogP contribution in [0.15, 0.2) is 42.5 Å². The lowest BCUT2D eigenvalue weighted by molar-refractivity contribution is 0.0992. The third-order valence-corrected chi connectivity index (χ3v) is 3.05. The van der Waals surface area contributed by atoms with E-state index in [9.17, 15) is 9.18 Å². The highest BCUT2D eigenvalue weighted by atomic mass is 35.5. The molecule has 0 saturated carbocycles. The van der Waals surface area contributed by atoms with Gasteiger partial charge in [-0.1, -0.05) is 29.8 Å². The molecule has 0 saturated heterocycles. The lowest BCUT2D eigenvalue weighted by Gasteiger charge is -2.05. The molecule has 0 fully saturated rings. The van der Waals surface area contributed by atoms with E-state index in [0.29, 0.717) is 16.9 Å². The standard InChI is InChI=1S/C15H12ClFO2/c1-19-12-4-2-3-11(9-12)15(18)8-10-5-6-13(16)14(17)7-10/h2-7,9H,8H2,1H3. The highest BCUT2D eigenvalue weighted by Gasteiger charge is 2.09. The zero-order valence-corrected chi connectivity index (χ0v) is 11.1. The van der Waals surface area contributed by atoms with E-state index in [1.807, 2.05) is 0 Å². The molecule has 0 unspecified atom stereocenters. The third-order valence-electron chi connectivity index (χ3n) is 2.74. The highest BCUT2D eigenvalue weighted by Crippen LogP contribution is 2.18. The van der Waals surface area contributed by atoms with Crippen LogP contribution in [0.25, 0.3) is 0 Å². The second-order valence-corrected chi connectivity index (χ2v) is 4.49. The first-order chi connectivity index (χ1) is 9.10. The van der Waals surface area contributed by atoms with E-state index in [1.54, 1.807) is 30.3 Å². The number of halogens is 2. The first kappa shape index (κ1) is 13.6. The van der Waals surface area contributed by atoms with Crippen molar-refractivity contribution in [3.63, 3.8) is 0 Å². The molecule has 0 N–H and O–H groups in total. The van der Waals surface area contributed by atoms with E-state index < -0.39 is 5.82 Å². The summed E-state index contributed by atoms with van der Waals surface area (Å²) in [7, 11) is 1.54. The summed E-state index contributed by atoms with van der Waals surface area (Å²) in [6.07, 6.45) is 0.126. The summed E-state index contributed by atoms with van der Waals surface area (Å²) >= 11 is 5.60. The molecule has 98 valence electrons. The van der Waals surface area contributed by atoms with Crippen molar-refractivity contribution in [2.75, 3.05) is 7.11 Å². The van der Waals surface area contributed by atoms with Crippen molar-refractivity contribution in [3.05, 3.63) is 64.4 Å². The van der Waals surface area contributed by atoms with Crippen LogP contribution in [0.5, 0.6) is 5.75 Å². The van der Waals surface area contributed by atoms with Gasteiger partial charge in [0.25, 0.3) is 0 Å². The Morgan fingerprint density at radius 2 is 2.05 bits per heavy atom. The molecule has 19 heavy (non-hydrogen) atoms. The molecular formula is C15H12ClFO2. The molecule has 0 heterocycles. The van der Waals surface area contributed by atoms with Gasteiger partial charge >= 0.3 is 0 Å². The Morgan fingerprint density at radius 3 is 2.74 bits per heavy atom. The summed E-state index contributed by atoms with van der Waals surface area (Å²) in [6.45, 7) is 0. The van der Waals surface area contributed by atoms with Crippen molar-refractivity contribution < 1.29 is 13.9 Å². The number of methoxy groups -OCH3 is 1. The van der Waals surface area contributed by atoms with Gasteiger partial charge in [-0.25, -0.2) is 4.39 Å². The fraction of sp³-hybridized carbons (Fsp3) is 0.133. The van der Waals surface area contributed by atoms with Gasteiger partial charge < -0.3 is 4.74 Å². The molecule has 0 aliphatic heterocycles. The maximum Gasteiger partial charge on any atom is 0.167 e. The summed E-state index contributed by atoms with van der Waals surface area (Å²) in [6, 6.07) is 11.2. The Labute approximate surface area is 115 Å². The number of benzene rings is 2. The van der Waals surface area contributed by atoms with E-state index in [0.717, 1.165) is 0 Å². The van der Waals surface area contributed by atoms with Crippen LogP contribution < -0.4 is 4.74 Å². The largest absolute Gasteiger partial charge is 0.497 e. The molecule has 0 aromatic heterocycles. The molecule has 0 atom stereocenters. The van der Waals surface area contributed by atoms with Crippen LogP contribution in [-0.2, 0) is 6.42 Å². The SMILES string of the molecule is COc1cccc(C(=O)Cc2ccc(Cl)c(F)c2)c1. The van der Waals surface area contributed by atoms with Gasteiger partial charge in [0, 0.05) is 12.0 Å². The van der Waals surface area contributed by atoms with E-state index in [4.69, 9.17) is 16.3 Å². The van der Waals surface area contributed by atoms with Gasteiger partial charge in [0.1, 0.15) is 11.6 Å². The topological polar surface area (TPSA) is 26.3 Å². The Hall–Kier alpha value is -1.87. The Balaban J connectivity index is 2.18. The Kier molecular flexibility index (Phi) is 4.17. The predicted molar refractivity (Wildman–Crippen MR) is 72.4 cm³/mol. The van der Waals surface area contributed by atoms with Crippen LogP contribution in [0.2, 0.25) is 5.02 Å². The third kappa shape index (κ3) is 3.32. The molecule has 0 spiro atoms. The van der Waals surface area contributed by atoms with Gasteiger partial charge in [-0.05, 0) is 29.8 Å². The van der Waals surface area contributed by atoms with Gasteiger partial charge in [0.05, 0.1) is 12.1 Å². The minimum Gasteiger partial charge on any atom is -0.497 e. The fourth-order valence-corrected chi connectivity index (χ4v) is 1.85. The zero-order valence-electron chi connectivity index (χ0n) is 10.3. The molecule has 0 bridgehead atoms. The lowest BCUT2D eigenvalue weighted by atomic mass is 10.0. The van der Waals surface area contributed by atoms with Gasteiger partial charge in [0.15, 0.2) is 5.78 Å². The smallest absolute Gasteiger partial charge is 0.167 e. The molecule has 0 radical (unpaired) electrons. The number of carbonyl (C=O) groups excluding carboxylic acids is 1. The number of ketones is 1. The van der Waals surface area contributed by atoms with E-state index >= 15 is 0 Å². The second-order valence-electron chi connectivity index (χ2n) is 4.08. The molecule has 0 aliphatic rings. The molecule has 0 aliphatic carbocycles. The van der Waals surface area contributed by atoms with Gasteiger partial charge in [-0.3, -0.25) is 4.79 Å². The van der Waals surface area contributed by atoms with Crippen LogP contribution in [0.1, 0.15) is 15.9 Å². The number of rotatable bonds is 4. The molecular weight excluding hydrogens is 267 g/mol. The summed E-state index contributed by atoms with van der Waals surface area (Å²) < 4.78 is 18.3. The lowest BCUT2D eigenvalue weighted by Crippen LogP contribution is -2.04. The first-order valence-corrected chi connectivity index (χ1v) is 6.09. The molecule has 0 amide bonds. The van der Waals surface area contributed by atoms with Crippen LogP contribution in [0, 0.1) is 5.82 Å². The van der Waals surface area contributed by atoms with Crippen LogP contribution in [0.3, 0.4) is 0 Å². The van der Waals surface area contributed by atoms with Crippen LogP contribution in [0.4, 0.5) is 4.39 Å². The van der Waals surface area contributed by atoms with Crippen LogP contribution in [-0.4, -0.2) is 12.9 Å². The Morgan fingerprint density at radius 1 is 1.26 bits per heavy atom. The number of Topliss-reactive ketones (excluding diaryl/α,β-unsaturated/α-hetero) is 1. The quantitative estimate of drug-likeness (QED) is 0.793. The van der Waals surface area contributed by atoms with E-state index in [2.05, 4.69) is 0 Å². The van der Waals surface area contributed by atoms with Crippen molar-refractivity contribution in [1.82, 2.24) is 0 Å². The number of hydrogen-bond donors (Lipinski definition) is 0. The highest BCUT2D eigenvalue weighted by molar-refractivity contribution is 6.30. The molecule has 2 rings (SSSR count). The normalized spacial score (nSPS) is 10.3. The van der Waals surface area contributed by atoms with Crippen LogP contribution >= 0.6 is 11.6 Å². The Bertz CT molecular complexity index is 611. The average Bonchev–Trinajstić information content (AvgIpc) is 2.43. The van der Waals surface area contributed by atoms with Gasteiger partial charge in [-0.2, -0.15) is 0 Å². The van der Waals surface area contributed by atoms with E-state index in [1.165, 1.54) is 19.2 Å². The summed E-state index contributed by atoms with van der Waals surface area (Å²) in [5.74, 6) is 0.00590. The number of hydrogen-bond acceptors (Lipinski definition) is 2. The average molecular weight is 279 g/mol. The zero-order chi connectivity index (χ0) is 13.8. The predicted octanol–water partition coefficient (Wildman–Crippen LogP) is 3.91. The minimum atomic E-state index is -0.516. The summed E-state index contributed by atoms with van der Waals surface area (Å²) in [5.41, 5.74) is 1.13. The first-order valence-electron chi connectivity index (χ1n) is 5.71. The van der Waals surface area contributed by atoms with Crippen molar-refractivity contribution in [1.29, 1.82) is 0 Å². The summed E-state index contributed by atoms with van der Waals surface area (Å²) in [4.78, 5) is 12.1. The molecule has 2 nitrogen and oxygen atoms in total. The van der Waals surface area contributed by atoms with Gasteiger partial charge in [-0.15, -0.1) is 0 Å². The minimum absolute atomic E-state index is 0.0533. The fourth-order valence-electron chi connectivity index (χ4n) is 1.73. The number of carbonyl (C=O) groups is 1. The maximum absolute atomic E-state index is 13.3.